The quantitative estimate of drug-likeness (QED) is 0.301. The maximum atomic E-state index is 13.2. The van der Waals surface area contributed by atoms with Crippen LogP contribution >= 0.6 is 23.1 Å². The number of thioether (sulfide) groups is 1. The van der Waals surface area contributed by atoms with Crippen LogP contribution in [0.3, 0.4) is 0 Å². The summed E-state index contributed by atoms with van der Waals surface area (Å²) in [7, 11) is 0. The second-order valence-corrected chi connectivity index (χ2v) is 7.92. The third kappa shape index (κ3) is 3.62. The molecule has 0 spiro atoms. The van der Waals surface area contributed by atoms with Crippen molar-refractivity contribution in [3.8, 4) is 16.4 Å². The van der Waals surface area contributed by atoms with Crippen molar-refractivity contribution in [1.82, 2.24) is 29.7 Å². The SMILES string of the molecule is Fc1ccc(-n2ncc3c(SCc4csc(-c5ccccn5)n4)ncnc32)cc1. The Kier molecular flexibility index (Phi) is 4.74. The Morgan fingerprint density at radius 1 is 1.03 bits per heavy atom. The lowest BCUT2D eigenvalue weighted by molar-refractivity contribution is 0.627. The van der Waals surface area contributed by atoms with E-state index in [0.29, 0.717) is 11.4 Å². The van der Waals surface area contributed by atoms with Crippen LogP contribution in [0.5, 0.6) is 0 Å². The third-order valence-electron chi connectivity index (χ3n) is 4.19. The van der Waals surface area contributed by atoms with Gasteiger partial charge in [-0.05, 0) is 36.4 Å². The lowest BCUT2D eigenvalue weighted by Crippen LogP contribution is -1.98. The Bertz CT molecular complexity index is 1270. The van der Waals surface area contributed by atoms with Crippen LogP contribution in [0.1, 0.15) is 5.69 Å². The van der Waals surface area contributed by atoms with E-state index in [0.717, 1.165) is 32.5 Å². The molecule has 0 saturated heterocycles. The standard InChI is InChI=1S/C20H13FN6S2/c21-13-4-6-15(7-5-13)27-18-16(9-25-27)19(24-12-23-18)28-10-14-11-29-20(26-14)17-3-1-2-8-22-17/h1-9,11-12H,10H2. The van der Waals surface area contributed by atoms with Crippen LogP contribution in [-0.4, -0.2) is 29.7 Å². The molecule has 0 aliphatic carbocycles. The smallest absolute Gasteiger partial charge is 0.167 e. The molecule has 0 aliphatic rings. The summed E-state index contributed by atoms with van der Waals surface area (Å²) in [5.41, 5.74) is 3.27. The van der Waals surface area contributed by atoms with Crippen molar-refractivity contribution in [2.45, 2.75) is 10.8 Å². The summed E-state index contributed by atoms with van der Waals surface area (Å²) in [5, 5.41) is 9.03. The molecular formula is C20H13FN6S2. The van der Waals surface area contributed by atoms with Gasteiger partial charge in [-0.2, -0.15) is 5.10 Å². The van der Waals surface area contributed by atoms with Crippen LogP contribution in [0.15, 0.2) is 71.6 Å². The lowest BCUT2D eigenvalue weighted by atomic mass is 10.3. The Balaban J connectivity index is 1.39. The molecule has 142 valence electrons. The second-order valence-electron chi connectivity index (χ2n) is 6.10. The van der Waals surface area contributed by atoms with Crippen LogP contribution < -0.4 is 0 Å². The Hall–Kier alpha value is -3.17. The van der Waals surface area contributed by atoms with E-state index in [1.54, 1.807) is 52.3 Å². The number of nitrogens with zero attached hydrogens (tertiary/aromatic N) is 6. The number of thiazole rings is 1. The zero-order chi connectivity index (χ0) is 19.6. The predicted octanol–water partition coefficient (Wildman–Crippen LogP) is 4.77. The highest BCUT2D eigenvalue weighted by molar-refractivity contribution is 7.98. The summed E-state index contributed by atoms with van der Waals surface area (Å²) in [6.45, 7) is 0. The van der Waals surface area contributed by atoms with Gasteiger partial charge in [0.15, 0.2) is 5.65 Å². The highest BCUT2D eigenvalue weighted by atomic mass is 32.2. The number of hydrogen-bond acceptors (Lipinski definition) is 7. The maximum absolute atomic E-state index is 13.2. The summed E-state index contributed by atoms with van der Waals surface area (Å²) in [6, 6.07) is 11.9. The summed E-state index contributed by atoms with van der Waals surface area (Å²) < 4.78 is 14.9. The van der Waals surface area contributed by atoms with Crippen LogP contribution in [0.25, 0.3) is 27.4 Å². The fourth-order valence-corrected chi connectivity index (χ4v) is 4.59. The van der Waals surface area contributed by atoms with Crippen molar-refractivity contribution in [3.63, 3.8) is 0 Å². The molecule has 5 aromatic rings. The van der Waals surface area contributed by atoms with Crippen molar-refractivity contribution in [3.05, 3.63) is 78.1 Å². The number of fused-ring (bicyclic) bond motifs is 1. The van der Waals surface area contributed by atoms with Crippen LogP contribution in [0, 0.1) is 5.82 Å². The summed E-state index contributed by atoms with van der Waals surface area (Å²) in [6.07, 6.45) is 5.02. The molecule has 1 aromatic carbocycles. The van der Waals surface area contributed by atoms with Gasteiger partial charge < -0.3 is 0 Å². The summed E-state index contributed by atoms with van der Waals surface area (Å²) in [4.78, 5) is 17.8. The first-order valence-electron chi connectivity index (χ1n) is 8.71. The number of benzene rings is 1. The molecule has 0 radical (unpaired) electrons. The number of halogens is 1. The van der Waals surface area contributed by atoms with Crippen molar-refractivity contribution in [2.24, 2.45) is 0 Å². The first kappa shape index (κ1) is 17.9. The molecule has 0 fully saturated rings. The molecule has 6 nitrogen and oxygen atoms in total. The molecule has 4 aromatic heterocycles. The molecule has 0 amide bonds. The van der Waals surface area contributed by atoms with Gasteiger partial charge in [0.25, 0.3) is 0 Å². The molecule has 0 N–H and O–H groups in total. The predicted molar refractivity (Wildman–Crippen MR) is 112 cm³/mol. The third-order valence-corrected chi connectivity index (χ3v) is 6.15. The topological polar surface area (TPSA) is 69.4 Å². The number of aromatic nitrogens is 6. The minimum Gasteiger partial charge on any atom is -0.254 e. The van der Waals surface area contributed by atoms with Gasteiger partial charge >= 0.3 is 0 Å². The van der Waals surface area contributed by atoms with Gasteiger partial charge in [-0.3, -0.25) is 4.98 Å². The molecule has 0 aliphatic heterocycles. The van der Waals surface area contributed by atoms with Crippen molar-refractivity contribution < 1.29 is 4.39 Å². The van der Waals surface area contributed by atoms with Gasteiger partial charge in [-0.1, -0.05) is 17.8 Å². The van der Waals surface area contributed by atoms with E-state index in [1.165, 1.54) is 18.5 Å². The van der Waals surface area contributed by atoms with Crippen LogP contribution in [0.4, 0.5) is 4.39 Å². The molecule has 5 rings (SSSR count). The van der Waals surface area contributed by atoms with Crippen molar-refractivity contribution >= 4 is 34.1 Å². The Morgan fingerprint density at radius 3 is 2.76 bits per heavy atom. The Morgan fingerprint density at radius 2 is 1.93 bits per heavy atom. The first-order valence-corrected chi connectivity index (χ1v) is 10.6. The van der Waals surface area contributed by atoms with E-state index in [4.69, 9.17) is 0 Å². The number of pyridine rings is 1. The highest BCUT2D eigenvalue weighted by Crippen LogP contribution is 2.30. The van der Waals surface area contributed by atoms with Crippen molar-refractivity contribution in [1.29, 1.82) is 0 Å². The number of rotatable bonds is 5. The average Bonchev–Trinajstić information content (AvgIpc) is 3.41. The van der Waals surface area contributed by atoms with Gasteiger partial charge in [-0.15, -0.1) is 11.3 Å². The molecule has 9 heteroatoms. The molecule has 0 unspecified atom stereocenters. The molecule has 4 heterocycles. The first-order chi connectivity index (χ1) is 14.3. The minimum atomic E-state index is -0.288. The van der Waals surface area contributed by atoms with E-state index in [9.17, 15) is 4.39 Å². The average molecular weight is 420 g/mol. The molecule has 29 heavy (non-hydrogen) atoms. The monoisotopic (exact) mass is 420 g/mol. The van der Waals surface area contributed by atoms with Gasteiger partial charge in [0.05, 0.1) is 28.7 Å². The largest absolute Gasteiger partial charge is 0.254 e. The van der Waals surface area contributed by atoms with E-state index in [1.807, 2.05) is 23.6 Å². The van der Waals surface area contributed by atoms with Gasteiger partial charge in [0, 0.05) is 17.3 Å². The second kappa shape index (κ2) is 7.69. The summed E-state index contributed by atoms with van der Waals surface area (Å²) >= 11 is 3.16. The normalized spacial score (nSPS) is 11.2. The fraction of sp³-hybridized carbons (Fsp3) is 0.0500. The van der Waals surface area contributed by atoms with E-state index >= 15 is 0 Å². The van der Waals surface area contributed by atoms with Crippen LogP contribution in [0.2, 0.25) is 0 Å². The summed E-state index contributed by atoms with van der Waals surface area (Å²) in [5.74, 6) is 0.390. The van der Waals surface area contributed by atoms with Gasteiger partial charge in [0.2, 0.25) is 0 Å². The lowest BCUT2D eigenvalue weighted by Gasteiger charge is -2.04. The maximum Gasteiger partial charge on any atom is 0.167 e. The minimum absolute atomic E-state index is 0.288. The van der Waals surface area contributed by atoms with Crippen LogP contribution in [-0.2, 0) is 5.75 Å². The zero-order valence-corrected chi connectivity index (χ0v) is 16.6. The van der Waals surface area contributed by atoms with Gasteiger partial charge in [-0.25, -0.2) is 24.0 Å². The Labute approximate surface area is 173 Å². The zero-order valence-electron chi connectivity index (χ0n) is 14.9. The highest BCUT2D eigenvalue weighted by Gasteiger charge is 2.13. The fourth-order valence-electron chi connectivity index (χ4n) is 2.83. The van der Waals surface area contributed by atoms with E-state index < -0.39 is 0 Å². The molecule has 0 atom stereocenters. The van der Waals surface area contributed by atoms with E-state index in [-0.39, 0.29) is 5.82 Å². The molecule has 0 bridgehead atoms. The van der Waals surface area contributed by atoms with Gasteiger partial charge in [0.1, 0.15) is 22.2 Å². The van der Waals surface area contributed by atoms with E-state index in [2.05, 4.69) is 25.0 Å². The number of hydrogen-bond donors (Lipinski definition) is 0. The van der Waals surface area contributed by atoms with Crippen molar-refractivity contribution in [2.75, 3.05) is 0 Å². The molecule has 0 saturated carbocycles. The molecular weight excluding hydrogens is 407 g/mol.